The van der Waals surface area contributed by atoms with Crippen LogP contribution in [0.5, 0.6) is 0 Å². The minimum absolute atomic E-state index is 0. The van der Waals surface area contributed by atoms with Gasteiger partial charge in [0.25, 0.3) is 0 Å². The van der Waals surface area contributed by atoms with Gasteiger partial charge in [0, 0.05) is 37.9 Å². The van der Waals surface area contributed by atoms with Crippen molar-refractivity contribution >= 4 is 39.6 Å². The maximum atomic E-state index is 6.07. The Morgan fingerprint density at radius 3 is 2.26 bits per heavy atom. The minimum Gasteiger partial charge on any atom is -0.499 e. The van der Waals surface area contributed by atoms with E-state index >= 15 is 0 Å². The monoisotopic (exact) mass is 794 g/mol. The summed E-state index contributed by atoms with van der Waals surface area (Å²) in [6.07, 6.45) is 6.90. The molecular formula is C36H37GeIrN3O-2. The Bertz CT molecular complexity index is 1810. The second kappa shape index (κ2) is 13.5. The molecule has 217 valence electrons. The van der Waals surface area contributed by atoms with E-state index in [2.05, 4.69) is 78.5 Å². The summed E-state index contributed by atoms with van der Waals surface area (Å²) in [5.74, 6) is 7.99. The van der Waals surface area contributed by atoms with Crippen molar-refractivity contribution in [3.8, 4) is 22.5 Å². The molecule has 6 heteroatoms. The number of aromatic nitrogens is 3. The fourth-order valence-electron chi connectivity index (χ4n) is 5.14. The van der Waals surface area contributed by atoms with Gasteiger partial charge in [-0.1, -0.05) is 22.6 Å². The van der Waals surface area contributed by atoms with E-state index in [1.54, 1.807) is 4.40 Å². The first-order valence-corrected chi connectivity index (χ1v) is 21.5. The van der Waals surface area contributed by atoms with Crippen molar-refractivity contribution in [1.29, 1.82) is 0 Å². The van der Waals surface area contributed by atoms with E-state index in [0.29, 0.717) is 5.92 Å². The maximum Gasteiger partial charge on any atom is 0.142 e. The number of benzene rings is 2. The third-order valence-electron chi connectivity index (χ3n) is 7.11. The first-order valence-electron chi connectivity index (χ1n) is 14.2. The van der Waals surface area contributed by atoms with Gasteiger partial charge in [0.2, 0.25) is 0 Å². The van der Waals surface area contributed by atoms with Gasteiger partial charge in [-0.25, -0.2) is 0 Å². The predicted octanol–water partition coefficient (Wildman–Crippen LogP) is 8.75. The van der Waals surface area contributed by atoms with Crippen LogP contribution < -0.4 is 4.40 Å². The molecule has 0 saturated heterocycles. The topological polar surface area (TPSA) is 51.8 Å². The van der Waals surface area contributed by atoms with Crippen LogP contribution in [-0.4, -0.2) is 28.2 Å². The average Bonchev–Trinajstić information content (AvgIpc) is 3.33. The van der Waals surface area contributed by atoms with Crippen LogP contribution in [0, 0.1) is 31.9 Å². The molecule has 6 aromatic rings. The minimum atomic E-state index is -1.86. The number of aryl methyl sites for hydroxylation is 2. The zero-order valence-electron chi connectivity index (χ0n) is 25.4. The first kappa shape index (κ1) is 31.8. The normalized spacial score (nSPS) is 11.3. The number of rotatable bonds is 5. The molecule has 0 spiro atoms. The van der Waals surface area contributed by atoms with Crippen molar-refractivity contribution < 1.29 is 24.5 Å². The van der Waals surface area contributed by atoms with Crippen molar-refractivity contribution in [1.82, 2.24) is 15.0 Å². The fraction of sp³-hybridized carbons (Fsp3) is 0.250. The molecule has 6 rings (SSSR count). The van der Waals surface area contributed by atoms with Gasteiger partial charge >= 0.3 is 126 Å². The van der Waals surface area contributed by atoms with Crippen LogP contribution >= 0.6 is 0 Å². The Balaban J connectivity index is 0.000000189. The van der Waals surface area contributed by atoms with E-state index in [0.717, 1.165) is 56.6 Å². The molecule has 0 aliphatic rings. The van der Waals surface area contributed by atoms with Gasteiger partial charge in [0.15, 0.2) is 0 Å². The molecular weight excluding hydrogens is 755 g/mol. The number of nitrogens with zero attached hydrogens (tertiary/aromatic N) is 3. The summed E-state index contributed by atoms with van der Waals surface area (Å²) in [5, 5.41) is 2.16. The molecule has 0 bridgehead atoms. The Hall–Kier alpha value is -3.12. The molecule has 4 heterocycles. The third kappa shape index (κ3) is 7.08. The number of hydrogen-bond acceptors (Lipinski definition) is 4. The molecule has 0 atom stereocenters. The van der Waals surface area contributed by atoms with Gasteiger partial charge in [0.05, 0.1) is 11.3 Å². The number of fused-ring (bicyclic) bond motifs is 3. The Labute approximate surface area is 265 Å². The molecule has 0 amide bonds. The average molecular weight is 793 g/mol. The molecule has 0 fully saturated rings. The van der Waals surface area contributed by atoms with Gasteiger partial charge in [-0.05, 0) is 31.7 Å². The second-order valence-electron chi connectivity index (χ2n) is 12.0. The van der Waals surface area contributed by atoms with Crippen molar-refractivity contribution in [3.05, 3.63) is 108 Å². The molecule has 0 unspecified atom stereocenters. The number of pyridine rings is 3. The molecule has 2 aromatic carbocycles. The van der Waals surface area contributed by atoms with Gasteiger partial charge < -0.3 is 9.40 Å². The largest absolute Gasteiger partial charge is 0.499 e. The van der Waals surface area contributed by atoms with E-state index in [9.17, 15) is 0 Å². The van der Waals surface area contributed by atoms with E-state index in [1.807, 2.05) is 67.8 Å². The standard InChI is InChI=1S/C18H24GeN.C18H13N2O.Ir/c1-14(2)11-16-12-18(15-9-7-6-8-10-15)20-13-17(16)19(3,4)5;1-11-6-8-20-16(10-11)15-5-3-4-13-14-7-9-19-12(2)17(14)21-18(13)15;/h6-9,12-14H,11H2,1-5H3;3-4,6-10H,1-2H3;/q2*-1;. The summed E-state index contributed by atoms with van der Waals surface area (Å²) in [6, 6.07) is 26.9. The van der Waals surface area contributed by atoms with Gasteiger partial charge in [0.1, 0.15) is 5.58 Å². The summed E-state index contributed by atoms with van der Waals surface area (Å²) >= 11 is -1.86. The van der Waals surface area contributed by atoms with E-state index in [4.69, 9.17) is 9.40 Å². The smallest absolute Gasteiger partial charge is 0.142 e. The predicted molar refractivity (Wildman–Crippen MR) is 173 cm³/mol. The van der Waals surface area contributed by atoms with Crippen molar-refractivity contribution in [2.75, 3.05) is 0 Å². The van der Waals surface area contributed by atoms with Crippen LogP contribution in [0.1, 0.15) is 30.7 Å². The Morgan fingerprint density at radius 1 is 0.810 bits per heavy atom. The van der Waals surface area contributed by atoms with E-state index in [-0.39, 0.29) is 20.1 Å². The molecule has 0 saturated carbocycles. The van der Waals surface area contributed by atoms with E-state index < -0.39 is 13.3 Å². The zero-order valence-corrected chi connectivity index (χ0v) is 29.9. The summed E-state index contributed by atoms with van der Waals surface area (Å²) in [5.41, 5.74) is 9.13. The zero-order chi connectivity index (χ0) is 29.1. The molecule has 4 aromatic heterocycles. The van der Waals surface area contributed by atoms with Crippen LogP contribution in [0.2, 0.25) is 17.3 Å². The van der Waals surface area contributed by atoms with Crippen molar-refractivity contribution in [3.63, 3.8) is 0 Å². The molecule has 1 radical (unpaired) electrons. The van der Waals surface area contributed by atoms with E-state index in [1.165, 1.54) is 11.1 Å². The Kier molecular flexibility index (Phi) is 10.2. The fourth-order valence-corrected chi connectivity index (χ4v) is 8.48. The summed E-state index contributed by atoms with van der Waals surface area (Å²) in [4.78, 5) is 13.4. The van der Waals surface area contributed by atoms with Crippen LogP contribution in [0.15, 0.2) is 83.7 Å². The number of furan rings is 1. The molecule has 0 aliphatic carbocycles. The Morgan fingerprint density at radius 2 is 1.57 bits per heavy atom. The quantitative estimate of drug-likeness (QED) is 0.130. The van der Waals surface area contributed by atoms with Crippen LogP contribution in [0.25, 0.3) is 44.5 Å². The maximum absolute atomic E-state index is 6.07. The van der Waals surface area contributed by atoms with Crippen LogP contribution in [-0.2, 0) is 26.5 Å². The summed E-state index contributed by atoms with van der Waals surface area (Å²) < 4.78 is 7.62. The van der Waals surface area contributed by atoms with Gasteiger partial charge in [-0.15, -0.1) is 18.2 Å². The van der Waals surface area contributed by atoms with Crippen molar-refractivity contribution in [2.45, 2.75) is 51.4 Å². The van der Waals surface area contributed by atoms with Gasteiger partial charge in [-0.2, -0.15) is 0 Å². The summed E-state index contributed by atoms with van der Waals surface area (Å²) in [7, 11) is 0. The molecule has 0 aliphatic heterocycles. The first-order chi connectivity index (χ1) is 19.6. The molecule has 0 N–H and O–H groups in total. The third-order valence-corrected chi connectivity index (χ3v) is 11.4. The number of hydrogen-bond donors (Lipinski definition) is 0. The second-order valence-corrected chi connectivity index (χ2v) is 22.6. The summed E-state index contributed by atoms with van der Waals surface area (Å²) in [6.45, 7) is 8.58. The molecule has 42 heavy (non-hydrogen) atoms. The molecule has 4 nitrogen and oxygen atoms in total. The SMILES string of the molecule is CC(C)Cc1cc(-c2[c-]cccc2)nc[c]1[Ge]([CH3])([CH3])[CH3].Cc1ccnc(-c2[c-]ccc3c2oc2c(C)nccc23)c1.[Ir]. The van der Waals surface area contributed by atoms with Crippen LogP contribution in [0.3, 0.4) is 0 Å². The van der Waals surface area contributed by atoms with Crippen molar-refractivity contribution in [2.24, 2.45) is 5.92 Å². The van der Waals surface area contributed by atoms with Gasteiger partial charge in [-0.3, -0.25) is 4.98 Å². The van der Waals surface area contributed by atoms with Crippen LogP contribution in [0.4, 0.5) is 0 Å².